The van der Waals surface area contributed by atoms with E-state index in [9.17, 15) is 9.50 Å². The minimum absolute atomic E-state index is 0.191. The molecule has 1 aromatic carbocycles. The van der Waals surface area contributed by atoms with Crippen molar-refractivity contribution in [3.05, 3.63) is 42.0 Å². The quantitative estimate of drug-likeness (QED) is 0.870. The molecule has 3 rings (SSSR count). The molecular formula is C14H15FN2O. The Balaban J connectivity index is 1.83. The third-order valence-electron chi connectivity index (χ3n) is 3.56. The summed E-state index contributed by atoms with van der Waals surface area (Å²) in [5.74, 6) is -0.193. The van der Waals surface area contributed by atoms with Crippen LogP contribution in [0.2, 0.25) is 0 Å². The molecule has 1 heterocycles. The van der Waals surface area contributed by atoms with Gasteiger partial charge in [-0.05, 0) is 36.4 Å². The molecule has 2 aromatic rings. The molecule has 1 fully saturated rings. The van der Waals surface area contributed by atoms with Crippen molar-refractivity contribution in [2.75, 3.05) is 0 Å². The second-order valence-corrected chi connectivity index (χ2v) is 4.83. The van der Waals surface area contributed by atoms with Gasteiger partial charge in [0.15, 0.2) is 0 Å². The van der Waals surface area contributed by atoms with Crippen LogP contribution in [-0.2, 0) is 6.54 Å². The van der Waals surface area contributed by atoms with Crippen LogP contribution in [0.15, 0.2) is 30.6 Å². The number of pyridine rings is 1. The molecule has 3 nitrogen and oxygen atoms in total. The first-order chi connectivity index (χ1) is 8.74. The molecule has 1 aliphatic rings. The first-order valence-corrected chi connectivity index (χ1v) is 6.16. The van der Waals surface area contributed by atoms with E-state index in [1.807, 2.05) is 6.07 Å². The van der Waals surface area contributed by atoms with E-state index in [1.165, 1.54) is 6.07 Å². The second-order valence-electron chi connectivity index (χ2n) is 4.83. The summed E-state index contributed by atoms with van der Waals surface area (Å²) >= 11 is 0. The summed E-state index contributed by atoms with van der Waals surface area (Å²) in [5.41, 5.74) is 0.677. The Hall–Kier alpha value is -1.52. The SMILES string of the molecule is OC1CC(NCc2c(F)ccc3cnccc23)C1. The number of aromatic nitrogens is 1. The Morgan fingerprint density at radius 1 is 1.33 bits per heavy atom. The molecule has 94 valence electrons. The van der Waals surface area contributed by atoms with Gasteiger partial charge in [0.05, 0.1) is 6.10 Å². The maximum Gasteiger partial charge on any atom is 0.128 e. The van der Waals surface area contributed by atoms with Crippen molar-refractivity contribution in [3.63, 3.8) is 0 Å². The van der Waals surface area contributed by atoms with E-state index in [2.05, 4.69) is 10.3 Å². The number of benzene rings is 1. The van der Waals surface area contributed by atoms with Crippen molar-refractivity contribution in [1.82, 2.24) is 10.3 Å². The van der Waals surface area contributed by atoms with Gasteiger partial charge in [0, 0.05) is 35.9 Å². The third-order valence-corrected chi connectivity index (χ3v) is 3.56. The van der Waals surface area contributed by atoms with Crippen molar-refractivity contribution in [1.29, 1.82) is 0 Å². The zero-order chi connectivity index (χ0) is 12.5. The normalized spacial score (nSPS) is 23.0. The standard InChI is InChI=1S/C14H15FN2O/c15-14-2-1-9-7-16-4-3-12(9)13(14)8-17-10-5-11(18)6-10/h1-4,7,10-11,17-18H,5-6,8H2. The van der Waals surface area contributed by atoms with E-state index >= 15 is 0 Å². The number of hydrogen-bond acceptors (Lipinski definition) is 3. The van der Waals surface area contributed by atoms with Crippen molar-refractivity contribution in [3.8, 4) is 0 Å². The van der Waals surface area contributed by atoms with Gasteiger partial charge in [-0.15, -0.1) is 0 Å². The number of rotatable bonds is 3. The number of fused-ring (bicyclic) bond motifs is 1. The van der Waals surface area contributed by atoms with Crippen LogP contribution < -0.4 is 5.32 Å². The average Bonchev–Trinajstić information content (AvgIpc) is 2.35. The fourth-order valence-electron chi connectivity index (χ4n) is 2.39. The summed E-state index contributed by atoms with van der Waals surface area (Å²) in [7, 11) is 0. The number of nitrogens with one attached hydrogen (secondary N) is 1. The average molecular weight is 246 g/mol. The van der Waals surface area contributed by atoms with E-state index < -0.39 is 0 Å². The maximum atomic E-state index is 13.9. The topological polar surface area (TPSA) is 45.1 Å². The largest absolute Gasteiger partial charge is 0.393 e. The molecule has 0 saturated heterocycles. The highest BCUT2D eigenvalue weighted by molar-refractivity contribution is 5.84. The van der Waals surface area contributed by atoms with Gasteiger partial charge in [0.2, 0.25) is 0 Å². The zero-order valence-corrected chi connectivity index (χ0v) is 9.94. The Bertz CT molecular complexity index is 567. The van der Waals surface area contributed by atoms with Crippen LogP contribution in [-0.4, -0.2) is 22.2 Å². The molecule has 0 bridgehead atoms. The number of nitrogens with zero attached hydrogens (tertiary/aromatic N) is 1. The predicted octanol–water partition coefficient (Wildman–Crippen LogP) is 1.99. The molecule has 0 aliphatic heterocycles. The van der Waals surface area contributed by atoms with E-state index in [0.717, 1.165) is 23.6 Å². The molecule has 1 aliphatic carbocycles. The van der Waals surface area contributed by atoms with Gasteiger partial charge in [0.25, 0.3) is 0 Å². The van der Waals surface area contributed by atoms with Gasteiger partial charge in [-0.25, -0.2) is 4.39 Å². The molecule has 2 N–H and O–H groups in total. The Kier molecular flexibility index (Phi) is 2.97. The minimum atomic E-state index is -0.193. The summed E-state index contributed by atoms with van der Waals surface area (Å²) in [5, 5.41) is 14.3. The van der Waals surface area contributed by atoms with Crippen LogP contribution in [0.3, 0.4) is 0 Å². The van der Waals surface area contributed by atoms with Gasteiger partial charge in [-0.1, -0.05) is 0 Å². The van der Waals surface area contributed by atoms with Gasteiger partial charge in [-0.2, -0.15) is 0 Å². The summed E-state index contributed by atoms with van der Waals surface area (Å²) in [6.07, 6.45) is 4.75. The fourth-order valence-corrected chi connectivity index (χ4v) is 2.39. The highest BCUT2D eigenvalue weighted by Gasteiger charge is 2.26. The molecule has 0 unspecified atom stereocenters. The number of aliphatic hydroxyl groups excluding tert-OH is 1. The van der Waals surface area contributed by atoms with Gasteiger partial charge in [0.1, 0.15) is 5.82 Å². The Morgan fingerprint density at radius 2 is 2.17 bits per heavy atom. The summed E-state index contributed by atoms with van der Waals surface area (Å²) in [4.78, 5) is 4.04. The van der Waals surface area contributed by atoms with Crippen LogP contribution >= 0.6 is 0 Å². The van der Waals surface area contributed by atoms with Crippen LogP contribution in [0.5, 0.6) is 0 Å². The van der Waals surface area contributed by atoms with Crippen LogP contribution in [0, 0.1) is 5.82 Å². The van der Waals surface area contributed by atoms with Gasteiger partial charge >= 0.3 is 0 Å². The van der Waals surface area contributed by atoms with E-state index in [4.69, 9.17) is 0 Å². The van der Waals surface area contributed by atoms with E-state index in [1.54, 1.807) is 18.5 Å². The van der Waals surface area contributed by atoms with Crippen molar-refractivity contribution < 1.29 is 9.50 Å². The molecule has 1 saturated carbocycles. The lowest BCUT2D eigenvalue weighted by atomic mass is 9.89. The molecule has 0 spiro atoms. The first kappa shape index (κ1) is 11.6. The number of aliphatic hydroxyl groups is 1. The lowest BCUT2D eigenvalue weighted by Gasteiger charge is -2.32. The molecule has 4 heteroatoms. The minimum Gasteiger partial charge on any atom is -0.393 e. The van der Waals surface area contributed by atoms with E-state index in [-0.39, 0.29) is 11.9 Å². The maximum absolute atomic E-state index is 13.9. The fraction of sp³-hybridized carbons (Fsp3) is 0.357. The monoisotopic (exact) mass is 246 g/mol. The third kappa shape index (κ3) is 2.09. The Morgan fingerprint density at radius 3 is 2.94 bits per heavy atom. The van der Waals surface area contributed by atoms with E-state index in [0.29, 0.717) is 18.2 Å². The molecule has 1 aromatic heterocycles. The lowest BCUT2D eigenvalue weighted by molar-refractivity contribution is 0.0619. The molecule has 18 heavy (non-hydrogen) atoms. The Labute approximate surface area is 105 Å². The van der Waals surface area contributed by atoms with Crippen molar-refractivity contribution >= 4 is 10.8 Å². The highest BCUT2D eigenvalue weighted by Crippen LogP contribution is 2.23. The molecule has 0 atom stereocenters. The molecular weight excluding hydrogens is 231 g/mol. The molecule has 0 radical (unpaired) electrons. The summed E-state index contributed by atoms with van der Waals surface area (Å²) in [6.45, 7) is 0.491. The lowest BCUT2D eigenvalue weighted by Crippen LogP contribution is -2.43. The van der Waals surface area contributed by atoms with Crippen molar-refractivity contribution in [2.24, 2.45) is 0 Å². The van der Waals surface area contributed by atoms with Crippen LogP contribution in [0.25, 0.3) is 10.8 Å². The summed E-state index contributed by atoms with van der Waals surface area (Å²) in [6, 6.07) is 5.37. The molecule has 0 amide bonds. The number of halogens is 1. The number of hydrogen-bond donors (Lipinski definition) is 2. The smallest absolute Gasteiger partial charge is 0.128 e. The highest BCUT2D eigenvalue weighted by atomic mass is 19.1. The van der Waals surface area contributed by atoms with Gasteiger partial charge < -0.3 is 10.4 Å². The summed E-state index contributed by atoms with van der Waals surface area (Å²) < 4.78 is 13.9. The second kappa shape index (κ2) is 4.63. The van der Waals surface area contributed by atoms with Gasteiger partial charge in [-0.3, -0.25) is 4.98 Å². The van der Waals surface area contributed by atoms with Crippen LogP contribution in [0.1, 0.15) is 18.4 Å². The predicted molar refractivity (Wildman–Crippen MR) is 67.6 cm³/mol. The first-order valence-electron chi connectivity index (χ1n) is 6.16. The zero-order valence-electron chi connectivity index (χ0n) is 9.94. The van der Waals surface area contributed by atoms with Crippen molar-refractivity contribution in [2.45, 2.75) is 31.5 Å². The van der Waals surface area contributed by atoms with Crippen LogP contribution in [0.4, 0.5) is 4.39 Å².